The lowest BCUT2D eigenvalue weighted by atomic mass is 10.1. The van der Waals surface area contributed by atoms with Crippen LogP contribution >= 0.6 is 0 Å². The van der Waals surface area contributed by atoms with Crippen LogP contribution < -0.4 is 10.2 Å². The van der Waals surface area contributed by atoms with Crippen LogP contribution in [-0.4, -0.2) is 23.9 Å². The van der Waals surface area contributed by atoms with Gasteiger partial charge in [-0.25, -0.2) is 4.99 Å². The van der Waals surface area contributed by atoms with E-state index in [1.54, 1.807) is 13.2 Å². The van der Waals surface area contributed by atoms with Crippen LogP contribution in [-0.2, 0) is 4.79 Å². The first-order chi connectivity index (χ1) is 14.1. The lowest BCUT2D eigenvalue weighted by Crippen LogP contribution is -2.37. The third-order valence-corrected chi connectivity index (χ3v) is 4.60. The molecule has 1 aliphatic heterocycles. The minimum atomic E-state index is -0.208. The van der Waals surface area contributed by atoms with E-state index in [0.717, 1.165) is 28.1 Å². The fraction of sp³-hybridized carbons (Fsp3) is 0.0833. The predicted octanol–water partition coefficient (Wildman–Crippen LogP) is 4.66. The molecule has 144 valence electrons. The molecule has 0 fully saturated rings. The van der Waals surface area contributed by atoms with Gasteiger partial charge in [0, 0.05) is 5.56 Å². The van der Waals surface area contributed by atoms with Crippen LogP contribution in [0.25, 0.3) is 6.08 Å². The number of amides is 1. The maximum absolute atomic E-state index is 13.1. The summed E-state index contributed by atoms with van der Waals surface area (Å²) in [5, 5.41) is 1.50. The Bertz CT molecular complexity index is 1070. The largest absolute Gasteiger partial charge is 0.497 e. The summed E-state index contributed by atoms with van der Waals surface area (Å²) in [4.78, 5) is 17.8. The van der Waals surface area contributed by atoms with Gasteiger partial charge in [-0.05, 0) is 42.8 Å². The molecule has 0 radical (unpaired) electrons. The van der Waals surface area contributed by atoms with Crippen LogP contribution in [0.5, 0.6) is 5.75 Å². The van der Waals surface area contributed by atoms with E-state index < -0.39 is 0 Å². The van der Waals surface area contributed by atoms with Gasteiger partial charge >= 0.3 is 0 Å². The average Bonchev–Trinajstić information content (AvgIpc) is 3.05. The summed E-state index contributed by atoms with van der Waals surface area (Å²) >= 11 is 0. The predicted molar refractivity (Wildman–Crippen MR) is 116 cm³/mol. The number of hydrogen-bond donors (Lipinski definition) is 1. The molecule has 1 aliphatic rings. The molecule has 0 unspecified atom stereocenters. The molecule has 5 nitrogen and oxygen atoms in total. The number of hydrazine groups is 1. The SMILES string of the molecule is COc1ccc(/C=C2\N=C(c3ccc(C)cc3)N(Nc3ccccc3)C2=O)cc1. The Kier molecular flexibility index (Phi) is 5.12. The number of ether oxygens (including phenoxy) is 1. The van der Waals surface area contributed by atoms with Gasteiger partial charge in [-0.3, -0.25) is 10.2 Å². The summed E-state index contributed by atoms with van der Waals surface area (Å²) in [6.45, 7) is 2.03. The molecular weight excluding hydrogens is 362 g/mol. The van der Waals surface area contributed by atoms with Crippen LogP contribution in [0, 0.1) is 6.92 Å². The second-order valence-electron chi connectivity index (χ2n) is 6.72. The van der Waals surface area contributed by atoms with Crippen molar-refractivity contribution in [2.45, 2.75) is 6.92 Å². The number of amidine groups is 1. The molecule has 0 saturated carbocycles. The molecule has 4 rings (SSSR count). The van der Waals surface area contributed by atoms with E-state index >= 15 is 0 Å². The zero-order chi connectivity index (χ0) is 20.2. The molecule has 0 aliphatic carbocycles. The highest BCUT2D eigenvalue weighted by Gasteiger charge is 2.31. The standard InChI is InChI=1S/C24H21N3O2/c1-17-8-12-19(13-9-17)23-25-22(16-18-10-14-21(29-2)15-11-18)24(28)27(23)26-20-6-4-3-5-7-20/h3-16,26H,1-2H3/b22-16-. The van der Waals surface area contributed by atoms with Crippen molar-refractivity contribution >= 4 is 23.5 Å². The summed E-state index contributed by atoms with van der Waals surface area (Å²) in [7, 11) is 1.62. The van der Waals surface area contributed by atoms with Gasteiger partial charge in [0.2, 0.25) is 0 Å². The number of nitrogens with one attached hydrogen (secondary N) is 1. The summed E-state index contributed by atoms with van der Waals surface area (Å²) in [5.41, 5.74) is 7.25. The molecule has 0 spiro atoms. The lowest BCUT2D eigenvalue weighted by molar-refractivity contribution is -0.121. The molecule has 5 heteroatoms. The lowest BCUT2D eigenvalue weighted by Gasteiger charge is -2.20. The minimum absolute atomic E-state index is 0.208. The van der Waals surface area contributed by atoms with E-state index in [9.17, 15) is 4.79 Å². The zero-order valence-corrected chi connectivity index (χ0v) is 16.3. The Hall–Kier alpha value is -3.86. The number of carbonyl (C=O) groups excluding carboxylic acids is 1. The Balaban J connectivity index is 1.71. The van der Waals surface area contributed by atoms with E-state index in [1.165, 1.54) is 5.01 Å². The molecule has 3 aromatic carbocycles. The van der Waals surface area contributed by atoms with Gasteiger partial charge in [0.05, 0.1) is 12.8 Å². The Labute approximate surface area is 169 Å². The molecule has 3 aromatic rings. The number of methoxy groups -OCH3 is 1. The van der Waals surface area contributed by atoms with Crippen LogP contribution in [0.2, 0.25) is 0 Å². The maximum Gasteiger partial charge on any atom is 0.297 e. The smallest absolute Gasteiger partial charge is 0.297 e. The van der Waals surface area contributed by atoms with Crippen molar-refractivity contribution in [1.29, 1.82) is 0 Å². The number of carbonyl (C=O) groups is 1. The Morgan fingerprint density at radius 2 is 1.62 bits per heavy atom. The van der Waals surface area contributed by atoms with Crippen molar-refractivity contribution < 1.29 is 9.53 Å². The number of aryl methyl sites for hydroxylation is 1. The molecular formula is C24H21N3O2. The molecule has 0 atom stereocenters. The summed E-state index contributed by atoms with van der Waals surface area (Å²) < 4.78 is 5.19. The molecule has 1 amide bonds. The molecule has 1 N–H and O–H groups in total. The number of para-hydroxylation sites is 1. The van der Waals surface area contributed by atoms with Gasteiger partial charge in [-0.1, -0.05) is 60.2 Å². The van der Waals surface area contributed by atoms with Crippen LogP contribution in [0.4, 0.5) is 5.69 Å². The van der Waals surface area contributed by atoms with Crippen molar-refractivity contribution in [3.05, 3.63) is 101 Å². The number of nitrogens with zero attached hydrogens (tertiary/aromatic N) is 2. The first-order valence-electron chi connectivity index (χ1n) is 9.32. The van der Waals surface area contributed by atoms with Crippen molar-refractivity contribution in [2.24, 2.45) is 4.99 Å². The summed E-state index contributed by atoms with van der Waals surface area (Å²) in [6, 6.07) is 25.0. The third kappa shape index (κ3) is 4.04. The fourth-order valence-electron chi connectivity index (χ4n) is 3.02. The number of rotatable bonds is 5. The normalized spacial score (nSPS) is 14.8. The van der Waals surface area contributed by atoms with Crippen molar-refractivity contribution in [3.63, 3.8) is 0 Å². The third-order valence-electron chi connectivity index (χ3n) is 4.60. The summed E-state index contributed by atoms with van der Waals surface area (Å²) in [6.07, 6.45) is 1.78. The minimum Gasteiger partial charge on any atom is -0.497 e. The Morgan fingerprint density at radius 3 is 2.28 bits per heavy atom. The molecule has 0 saturated heterocycles. The van der Waals surface area contributed by atoms with Gasteiger partial charge in [0.25, 0.3) is 5.91 Å². The van der Waals surface area contributed by atoms with Gasteiger partial charge < -0.3 is 4.74 Å². The summed E-state index contributed by atoms with van der Waals surface area (Å²) in [5.74, 6) is 1.12. The van der Waals surface area contributed by atoms with Gasteiger partial charge in [-0.15, -0.1) is 0 Å². The van der Waals surface area contributed by atoms with Crippen LogP contribution in [0.15, 0.2) is 89.6 Å². The topological polar surface area (TPSA) is 53.9 Å². The van der Waals surface area contributed by atoms with Crippen LogP contribution in [0.1, 0.15) is 16.7 Å². The fourth-order valence-corrected chi connectivity index (χ4v) is 3.02. The zero-order valence-electron chi connectivity index (χ0n) is 16.3. The number of aliphatic imine (C=N–C) groups is 1. The number of hydrogen-bond acceptors (Lipinski definition) is 4. The van der Waals surface area contributed by atoms with Gasteiger partial charge in [-0.2, -0.15) is 5.01 Å². The highest BCUT2D eigenvalue weighted by molar-refractivity contribution is 6.20. The van der Waals surface area contributed by atoms with Gasteiger partial charge in [0.15, 0.2) is 5.84 Å². The number of benzene rings is 3. The van der Waals surface area contributed by atoms with Crippen molar-refractivity contribution in [1.82, 2.24) is 5.01 Å². The van der Waals surface area contributed by atoms with E-state index in [0.29, 0.717) is 11.5 Å². The van der Waals surface area contributed by atoms with E-state index in [4.69, 9.17) is 4.74 Å². The quantitative estimate of drug-likeness (QED) is 0.652. The van der Waals surface area contributed by atoms with Gasteiger partial charge in [0.1, 0.15) is 11.4 Å². The second kappa shape index (κ2) is 8.02. The first kappa shape index (κ1) is 18.5. The highest BCUT2D eigenvalue weighted by atomic mass is 16.5. The van der Waals surface area contributed by atoms with Crippen molar-refractivity contribution in [3.8, 4) is 5.75 Å². The monoisotopic (exact) mass is 383 g/mol. The van der Waals surface area contributed by atoms with Crippen LogP contribution in [0.3, 0.4) is 0 Å². The van der Waals surface area contributed by atoms with Crippen molar-refractivity contribution in [2.75, 3.05) is 12.5 Å². The molecule has 0 aromatic heterocycles. The molecule has 0 bridgehead atoms. The molecule has 1 heterocycles. The van der Waals surface area contributed by atoms with E-state index in [-0.39, 0.29) is 5.91 Å². The number of anilines is 1. The van der Waals surface area contributed by atoms with E-state index in [2.05, 4.69) is 10.4 Å². The molecule has 29 heavy (non-hydrogen) atoms. The maximum atomic E-state index is 13.1. The second-order valence-corrected chi connectivity index (χ2v) is 6.72. The highest BCUT2D eigenvalue weighted by Crippen LogP contribution is 2.24. The first-order valence-corrected chi connectivity index (χ1v) is 9.32. The average molecular weight is 383 g/mol. The Morgan fingerprint density at radius 1 is 0.931 bits per heavy atom. The van der Waals surface area contributed by atoms with E-state index in [1.807, 2.05) is 85.8 Å².